The molecule has 0 heteroatoms. The van der Waals surface area contributed by atoms with Crippen molar-refractivity contribution in [1.82, 2.24) is 0 Å². The largest absolute Gasteiger partial charge is 0.129 e. The fourth-order valence-electron chi connectivity index (χ4n) is 2.39. The van der Waals surface area contributed by atoms with E-state index in [1.54, 1.807) is 0 Å². The van der Waals surface area contributed by atoms with Crippen LogP contribution >= 0.6 is 0 Å². The van der Waals surface area contributed by atoms with Crippen LogP contribution in [0.1, 0.15) is 72.6 Å². The van der Waals surface area contributed by atoms with Crippen molar-refractivity contribution >= 4 is 0 Å². The molecule has 0 spiro atoms. The minimum Gasteiger partial charge on any atom is -0.129 e. The molecule has 0 saturated carbocycles. The molecule has 0 radical (unpaired) electrons. The lowest BCUT2D eigenvalue weighted by atomic mass is 9.85. The Labute approximate surface area is 103 Å². The highest BCUT2D eigenvalue weighted by atomic mass is 14.2. The highest BCUT2D eigenvalue weighted by Crippen LogP contribution is 2.26. The Morgan fingerprint density at radius 2 is 1.69 bits per heavy atom. The zero-order valence-corrected chi connectivity index (χ0v) is 11.8. The van der Waals surface area contributed by atoms with E-state index in [0.717, 1.165) is 5.92 Å². The lowest BCUT2D eigenvalue weighted by Crippen LogP contribution is -2.07. The minimum atomic E-state index is 0.609. The first kappa shape index (κ1) is 15.5. The summed E-state index contributed by atoms with van der Waals surface area (Å²) in [5, 5.41) is 0. The second kappa shape index (κ2) is 9.73. The van der Waals surface area contributed by atoms with Crippen molar-refractivity contribution in [1.29, 1.82) is 0 Å². The van der Waals surface area contributed by atoms with E-state index >= 15 is 0 Å². The van der Waals surface area contributed by atoms with Gasteiger partial charge < -0.3 is 0 Å². The summed E-state index contributed by atoms with van der Waals surface area (Å²) in [5.74, 6) is 1.33. The Balaban J connectivity index is 3.96. The van der Waals surface area contributed by atoms with Crippen molar-refractivity contribution in [2.45, 2.75) is 72.6 Å². The van der Waals surface area contributed by atoms with Crippen molar-refractivity contribution in [2.24, 2.45) is 11.8 Å². The van der Waals surface area contributed by atoms with Gasteiger partial charge in [-0.3, -0.25) is 0 Å². The van der Waals surface area contributed by atoms with Gasteiger partial charge in [-0.25, -0.2) is 0 Å². The fourth-order valence-corrected chi connectivity index (χ4v) is 2.39. The lowest BCUT2D eigenvalue weighted by molar-refractivity contribution is 0.461. The van der Waals surface area contributed by atoms with Crippen LogP contribution < -0.4 is 0 Å². The van der Waals surface area contributed by atoms with E-state index in [9.17, 15) is 0 Å². The Bertz CT molecular complexity index is 206. The van der Waals surface area contributed by atoms with Crippen molar-refractivity contribution in [2.75, 3.05) is 0 Å². The molecule has 0 N–H and O–H groups in total. The maximum absolute atomic E-state index is 3.85. The molecule has 0 heterocycles. The van der Waals surface area contributed by atoms with Crippen LogP contribution in [0.4, 0.5) is 0 Å². The van der Waals surface area contributed by atoms with Crippen LogP contribution in [0.15, 0.2) is 17.9 Å². The van der Waals surface area contributed by atoms with Gasteiger partial charge in [0, 0.05) is 0 Å². The first-order valence-electron chi connectivity index (χ1n) is 7.07. The Hall–Kier alpha value is -0.480. The first-order valence-corrected chi connectivity index (χ1v) is 7.07. The minimum absolute atomic E-state index is 0.609. The van der Waals surface area contributed by atoms with Gasteiger partial charge in [-0.05, 0) is 30.3 Å². The third-order valence-electron chi connectivity index (χ3n) is 3.41. The molecule has 0 saturated heterocycles. The zero-order valence-electron chi connectivity index (χ0n) is 11.8. The van der Waals surface area contributed by atoms with E-state index in [4.69, 9.17) is 0 Å². The molecular weight excluding hydrogens is 192 g/mol. The van der Waals surface area contributed by atoms with Gasteiger partial charge in [-0.15, -0.1) is 5.73 Å². The number of allylic oxidation sites excluding steroid dienone is 1. The van der Waals surface area contributed by atoms with E-state index in [0.29, 0.717) is 5.92 Å². The highest BCUT2D eigenvalue weighted by Gasteiger charge is 2.14. The van der Waals surface area contributed by atoms with E-state index in [1.807, 2.05) is 0 Å². The summed E-state index contributed by atoms with van der Waals surface area (Å²) in [6.07, 6.45) is 9.47. The maximum Gasteiger partial charge on any atom is -0.0127 e. The zero-order chi connectivity index (χ0) is 12.4. The van der Waals surface area contributed by atoms with Gasteiger partial charge in [0.15, 0.2) is 0 Å². The molecule has 0 aromatic rings. The Kier molecular flexibility index (Phi) is 9.43. The van der Waals surface area contributed by atoms with Crippen LogP contribution in [-0.2, 0) is 0 Å². The summed E-state index contributed by atoms with van der Waals surface area (Å²) in [4.78, 5) is 0. The molecule has 0 nitrogen and oxygen atoms in total. The molecule has 1 atom stereocenters. The number of rotatable bonds is 9. The molecule has 0 fully saturated rings. The third-order valence-corrected chi connectivity index (χ3v) is 3.41. The topological polar surface area (TPSA) is 0 Å². The molecule has 1 unspecified atom stereocenters. The van der Waals surface area contributed by atoms with Gasteiger partial charge in [0.1, 0.15) is 0 Å². The summed E-state index contributed by atoms with van der Waals surface area (Å²) in [7, 11) is 0. The molecule has 0 bridgehead atoms. The van der Waals surface area contributed by atoms with Gasteiger partial charge >= 0.3 is 0 Å². The smallest absolute Gasteiger partial charge is 0.0127 e. The van der Waals surface area contributed by atoms with Gasteiger partial charge in [0.05, 0.1) is 0 Å². The molecule has 0 aromatic carbocycles. The second-order valence-electron chi connectivity index (χ2n) is 5.09. The number of hydrogen-bond acceptors (Lipinski definition) is 0. The SMILES string of the molecule is C=C=C(C(C)C)C(CC)CCCCCCC. The summed E-state index contributed by atoms with van der Waals surface area (Å²) in [6.45, 7) is 12.9. The predicted octanol–water partition coefficient (Wildman–Crippen LogP) is 5.74. The quantitative estimate of drug-likeness (QED) is 0.345. The number of hydrogen-bond donors (Lipinski definition) is 0. The molecule has 94 valence electrons. The van der Waals surface area contributed by atoms with Crippen LogP contribution in [0.25, 0.3) is 0 Å². The molecule has 0 aliphatic carbocycles. The predicted molar refractivity (Wildman–Crippen MR) is 74.6 cm³/mol. The highest BCUT2D eigenvalue weighted by molar-refractivity contribution is 5.06. The maximum atomic E-state index is 3.85. The van der Waals surface area contributed by atoms with Gasteiger partial charge in [-0.2, -0.15) is 0 Å². The number of unbranched alkanes of at least 4 members (excludes halogenated alkanes) is 4. The van der Waals surface area contributed by atoms with Crippen LogP contribution in [0, 0.1) is 11.8 Å². The van der Waals surface area contributed by atoms with Crippen molar-refractivity contribution in [3.63, 3.8) is 0 Å². The average molecular weight is 222 g/mol. The summed E-state index contributed by atoms with van der Waals surface area (Å²) in [5.41, 5.74) is 4.61. The Morgan fingerprint density at radius 3 is 2.12 bits per heavy atom. The molecule has 0 aromatic heterocycles. The second-order valence-corrected chi connectivity index (χ2v) is 5.09. The normalized spacial score (nSPS) is 12.6. The average Bonchev–Trinajstić information content (AvgIpc) is 2.26. The van der Waals surface area contributed by atoms with Gasteiger partial charge in [0.2, 0.25) is 0 Å². The van der Waals surface area contributed by atoms with Crippen molar-refractivity contribution < 1.29 is 0 Å². The van der Waals surface area contributed by atoms with Gasteiger partial charge in [-0.1, -0.05) is 66.4 Å². The van der Waals surface area contributed by atoms with E-state index in [2.05, 4.69) is 40.0 Å². The molecule has 0 rings (SSSR count). The fraction of sp³-hybridized carbons (Fsp3) is 0.812. The van der Waals surface area contributed by atoms with E-state index in [1.165, 1.54) is 50.5 Å². The molecule has 0 aliphatic heterocycles. The lowest BCUT2D eigenvalue weighted by Gasteiger charge is -2.20. The van der Waals surface area contributed by atoms with Crippen molar-refractivity contribution in [3.8, 4) is 0 Å². The first-order chi connectivity index (χ1) is 7.67. The van der Waals surface area contributed by atoms with Crippen LogP contribution in [-0.4, -0.2) is 0 Å². The Morgan fingerprint density at radius 1 is 1.06 bits per heavy atom. The van der Waals surface area contributed by atoms with Crippen LogP contribution in [0.3, 0.4) is 0 Å². The van der Waals surface area contributed by atoms with Gasteiger partial charge in [0.25, 0.3) is 0 Å². The molecular formula is C16H30. The molecule has 0 amide bonds. The third kappa shape index (κ3) is 6.18. The van der Waals surface area contributed by atoms with E-state index in [-0.39, 0.29) is 0 Å². The van der Waals surface area contributed by atoms with Crippen LogP contribution in [0.2, 0.25) is 0 Å². The van der Waals surface area contributed by atoms with Crippen molar-refractivity contribution in [3.05, 3.63) is 17.9 Å². The molecule has 16 heavy (non-hydrogen) atoms. The summed E-state index contributed by atoms with van der Waals surface area (Å²) < 4.78 is 0. The molecule has 0 aliphatic rings. The van der Waals surface area contributed by atoms with Crippen LogP contribution in [0.5, 0.6) is 0 Å². The monoisotopic (exact) mass is 222 g/mol. The summed E-state index contributed by atoms with van der Waals surface area (Å²) in [6, 6.07) is 0. The van der Waals surface area contributed by atoms with E-state index < -0.39 is 0 Å². The summed E-state index contributed by atoms with van der Waals surface area (Å²) >= 11 is 0. The standard InChI is InChI=1S/C16H30/c1-6-9-10-11-12-13-15(7-2)16(8-3)14(4)5/h14-15H,3,6-7,9-13H2,1-2,4-5H3.